The lowest BCUT2D eigenvalue weighted by Gasteiger charge is -2.11. The SMILES string of the molecule is CC(CNC(=O)NCCCN(C)C)C(=O)O. The van der Waals surface area contributed by atoms with Crippen molar-refractivity contribution in [2.24, 2.45) is 5.92 Å². The van der Waals surface area contributed by atoms with Crippen molar-refractivity contribution in [3.8, 4) is 0 Å². The molecule has 1 atom stereocenters. The Labute approximate surface area is 96.0 Å². The van der Waals surface area contributed by atoms with Crippen LogP contribution in [0.1, 0.15) is 13.3 Å². The molecule has 0 rings (SSSR count). The van der Waals surface area contributed by atoms with E-state index in [0.717, 1.165) is 13.0 Å². The predicted molar refractivity (Wildman–Crippen MR) is 61.4 cm³/mol. The van der Waals surface area contributed by atoms with Crippen molar-refractivity contribution >= 4 is 12.0 Å². The Morgan fingerprint density at radius 1 is 1.31 bits per heavy atom. The maximum absolute atomic E-state index is 11.2. The Kier molecular flexibility index (Phi) is 7.28. The summed E-state index contributed by atoms with van der Waals surface area (Å²) in [6.07, 6.45) is 0.870. The van der Waals surface area contributed by atoms with Crippen LogP contribution in [-0.2, 0) is 4.79 Å². The van der Waals surface area contributed by atoms with Crippen molar-refractivity contribution in [1.82, 2.24) is 15.5 Å². The van der Waals surface area contributed by atoms with Gasteiger partial charge in [0.05, 0.1) is 5.92 Å². The van der Waals surface area contributed by atoms with Gasteiger partial charge in [0.1, 0.15) is 0 Å². The first-order valence-corrected chi connectivity index (χ1v) is 5.32. The van der Waals surface area contributed by atoms with Crippen LogP contribution in [0.2, 0.25) is 0 Å². The largest absolute Gasteiger partial charge is 0.481 e. The number of urea groups is 1. The molecule has 0 aromatic carbocycles. The summed E-state index contributed by atoms with van der Waals surface area (Å²) in [6, 6.07) is -0.313. The lowest BCUT2D eigenvalue weighted by atomic mass is 10.2. The minimum atomic E-state index is -0.909. The molecule has 0 aliphatic carbocycles. The molecule has 3 N–H and O–H groups in total. The van der Waals surface area contributed by atoms with E-state index in [1.54, 1.807) is 6.92 Å². The van der Waals surface area contributed by atoms with Gasteiger partial charge in [-0.1, -0.05) is 6.92 Å². The molecular formula is C10H21N3O3. The van der Waals surface area contributed by atoms with Gasteiger partial charge in [-0.2, -0.15) is 0 Å². The second kappa shape index (κ2) is 7.92. The van der Waals surface area contributed by atoms with Gasteiger partial charge in [-0.3, -0.25) is 4.79 Å². The third-order valence-corrected chi connectivity index (χ3v) is 2.06. The number of hydrogen-bond donors (Lipinski definition) is 3. The molecule has 1 unspecified atom stereocenters. The summed E-state index contributed by atoms with van der Waals surface area (Å²) in [4.78, 5) is 23.7. The van der Waals surface area contributed by atoms with Crippen molar-refractivity contribution in [2.75, 3.05) is 33.7 Å². The van der Waals surface area contributed by atoms with Gasteiger partial charge in [0.25, 0.3) is 0 Å². The normalized spacial score (nSPS) is 12.2. The fourth-order valence-electron chi connectivity index (χ4n) is 0.993. The van der Waals surface area contributed by atoms with Gasteiger partial charge >= 0.3 is 12.0 Å². The molecule has 0 radical (unpaired) electrons. The van der Waals surface area contributed by atoms with Gasteiger partial charge in [-0.15, -0.1) is 0 Å². The van der Waals surface area contributed by atoms with E-state index in [1.165, 1.54) is 0 Å². The number of nitrogens with one attached hydrogen (secondary N) is 2. The number of carbonyl (C=O) groups excluding carboxylic acids is 1. The van der Waals surface area contributed by atoms with Crippen LogP contribution >= 0.6 is 0 Å². The van der Waals surface area contributed by atoms with E-state index >= 15 is 0 Å². The van der Waals surface area contributed by atoms with Gasteiger partial charge < -0.3 is 20.6 Å². The molecule has 0 aliphatic heterocycles. The Hall–Kier alpha value is -1.30. The molecule has 6 heteroatoms. The summed E-state index contributed by atoms with van der Waals surface area (Å²) < 4.78 is 0. The van der Waals surface area contributed by atoms with Gasteiger partial charge in [0, 0.05) is 13.1 Å². The minimum Gasteiger partial charge on any atom is -0.481 e. The van der Waals surface area contributed by atoms with Crippen molar-refractivity contribution < 1.29 is 14.7 Å². The van der Waals surface area contributed by atoms with Crippen LogP contribution in [-0.4, -0.2) is 55.7 Å². The molecule has 0 bridgehead atoms. The summed E-state index contributed by atoms with van der Waals surface area (Å²) in [5.74, 6) is -1.47. The highest BCUT2D eigenvalue weighted by molar-refractivity contribution is 5.75. The summed E-state index contributed by atoms with van der Waals surface area (Å²) in [5, 5.41) is 13.8. The second-order valence-corrected chi connectivity index (χ2v) is 4.03. The molecule has 0 saturated carbocycles. The molecule has 94 valence electrons. The number of hydrogen-bond acceptors (Lipinski definition) is 3. The van der Waals surface area contributed by atoms with Crippen LogP contribution in [0.3, 0.4) is 0 Å². The number of aliphatic carboxylic acids is 1. The van der Waals surface area contributed by atoms with Crippen LogP contribution in [0, 0.1) is 5.92 Å². The molecule has 0 aliphatic rings. The topological polar surface area (TPSA) is 81.7 Å². The zero-order chi connectivity index (χ0) is 12.6. The van der Waals surface area contributed by atoms with Crippen LogP contribution < -0.4 is 10.6 Å². The Bertz CT molecular complexity index is 231. The highest BCUT2D eigenvalue weighted by atomic mass is 16.4. The molecule has 0 aromatic rings. The fraction of sp³-hybridized carbons (Fsp3) is 0.800. The number of rotatable bonds is 7. The first kappa shape index (κ1) is 14.7. The molecule has 6 nitrogen and oxygen atoms in total. The maximum atomic E-state index is 11.2. The van der Waals surface area contributed by atoms with Crippen LogP contribution in [0.5, 0.6) is 0 Å². The van der Waals surface area contributed by atoms with E-state index in [9.17, 15) is 9.59 Å². The number of nitrogens with zero attached hydrogens (tertiary/aromatic N) is 1. The van der Waals surface area contributed by atoms with E-state index < -0.39 is 11.9 Å². The first-order valence-electron chi connectivity index (χ1n) is 5.32. The Morgan fingerprint density at radius 3 is 2.44 bits per heavy atom. The van der Waals surface area contributed by atoms with Crippen molar-refractivity contribution in [1.29, 1.82) is 0 Å². The van der Waals surface area contributed by atoms with Crippen LogP contribution in [0.4, 0.5) is 4.79 Å². The monoisotopic (exact) mass is 231 g/mol. The lowest BCUT2D eigenvalue weighted by molar-refractivity contribution is -0.140. The molecule has 16 heavy (non-hydrogen) atoms. The molecule has 0 fully saturated rings. The summed E-state index contributed by atoms with van der Waals surface area (Å²) >= 11 is 0. The average molecular weight is 231 g/mol. The van der Waals surface area contributed by atoms with Crippen molar-refractivity contribution in [3.63, 3.8) is 0 Å². The summed E-state index contributed by atoms with van der Waals surface area (Å²) in [7, 11) is 3.93. The molecule has 0 saturated heterocycles. The molecular weight excluding hydrogens is 210 g/mol. The number of carbonyl (C=O) groups is 2. The highest BCUT2D eigenvalue weighted by Crippen LogP contribution is 1.90. The van der Waals surface area contributed by atoms with Crippen molar-refractivity contribution in [2.45, 2.75) is 13.3 Å². The molecule has 0 heterocycles. The minimum absolute atomic E-state index is 0.148. The van der Waals surface area contributed by atoms with Crippen molar-refractivity contribution in [3.05, 3.63) is 0 Å². The average Bonchev–Trinajstić information content (AvgIpc) is 2.20. The zero-order valence-corrected chi connectivity index (χ0v) is 10.1. The first-order chi connectivity index (χ1) is 7.43. The van der Waals surface area contributed by atoms with E-state index in [0.29, 0.717) is 6.54 Å². The lowest BCUT2D eigenvalue weighted by Crippen LogP contribution is -2.40. The maximum Gasteiger partial charge on any atom is 0.314 e. The van der Waals surface area contributed by atoms with Gasteiger partial charge in [-0.25, -0.2) is 4.79 Å². The highest BCUT2D eigenvalue weighted by Gasteiger charge is 2.11. The second-order valence-electron chi connectivity index (χ2n) is 4.03. The molecule has 0 aromatic heterocycles. The van der Waals surface area contributed by atoms with Gasteiger partial charge in [-0.05, 0) is 27.1 Å². The van der Waals surface area contributed by atoms with E-state index in [4.69, 9.17) is 5.11 Å². The van der Waals surface area contributed by atoms with E-state index in [-0.39, 0.29) is 12.6 Å². The Morgan fingerprint density at radius 2 is 1.94 bits per heavy atom. The number of amides is 2. The van der Waals surface area contributed by atoms with E-state index in [2.05, 4.69) is 10.6 Å². The zero-order valence-electron chi connectivity index (χ0n) is 10.1. The molecule has 2 amide bonds. The molecule has 0 spiro atoms. The van der Waals surface area contributed by atoms with Crippen LogP contribution in [0.15, 0.2) is 0 Å². The van der Waals surface area contributed by atoms with Crippen LogP contribution in [0.25, 0.3) is 0 Å². The quantitative estimate of drug-likeness (QED) is 0.537. The third kappa shape index (κ3) is 8.05. The van der Waals surface area contributed by atoms with E-state index in [1.807, 2.05) is 19.0 Å². The predicted octanol–water partition coefficient (Wildman–Crippen LogP) is -0.0420. The van der Waals surface area contributed by atoms with Gasteiger partial charge in [0.15, 0.2) is 0 Å². The fourth-order valence-corrected chi connectivity index (χ4v) is 0.993. The smallest absolute Gasteiger partial charge is 0.314 e. The number of carboxylic acids is 1. The van der Waals surface area contributed by atoms with Gasteiger partial charge in [0.2, 0.25) is 0 Å². The third-order valence-electron chi connectivity index (χ3n) is 2.06. The summed E-state index contributed by atoms with van der Waals surface area (Å²) in [6.45, 7) is 3.20. The Balaban J connectivity index is 3.48. The standard InChI is InChI=1S/C10H21N3O3/c1-8(9(14)15)7-12-10(16)11-5-4-6-13(2)3/h8H,4-7H2,1-3H3,(H,14,15)(H2,11,12,16). The summed E-state index contributed by atoms with van der Waals surface area (Å²) in [5.41, 5.74) is 0. The number of carboxylic acid groups (broad SMARTS) is 1.